The van der Waals surface area contributed by atoms with E-state index in [1.165, 1.54) is 6.92 Å². The number of furan rings is 1. The van der Waals surface area contributed by atoms with E-state index >= 15 is 0 Å². The summed E-state index contributed by atoms with van der Waals surface area (Å²) in [6, 6.07) is -0.424. The summed E-state index contributed by atoms with van der Waals surface area (Å²) in [6.45, 7) is 6.56. The highest BCUT2D eigenvalue weighted by atomic mass is 16.5. The molecule has 1 aromatic rings. The van der Waals surface area contributed by atoms with Crippen molar-refractivity contribution < 1.29 is 23.5 Å². The third kappa shape index (κ3) is 3.66. The van der Waals surface area contributed by atoms with Gasteiger partial charge in [-0.15, -0.1) is 0 Å². The fourth-order valence-electron chi connectivity index (χ4n) is 2.03. The number of amides is 3. The Morgan fingerprint density at radius 1 is 1.18 bits per heavy atom. The van der Waals surface area contributed by atoms with Crippen LogP contribution in [0.4, 0.5) is 4.79 Å². The van der Waals surface area contributed by atoms with Gasteiger partial charge in [-0.05, 0) is 40.5 Å². The quantitative estimate of drug-likeness (QED) is 0.826. The molecule has 22 heavy (non-hydrogen) atoms. The minimum atomic E-state index is -1.08. The zero-order chi connectivity index (χ0) is 16.4. The van der Waals surface area contributed by atoms with E-state index < -0.39 is 24.0 Å². The predicted octanol–water partition coefficient (Wildman–Crippen LogP) is 1.74. The molecule has 1 aliphatic carbocycles. The number of ether oxygens (including phenoxy) is 1. The van der Waals surface area contributed by atoms with Crippen LogP contribution in [0.3, 0.4) is 0 Å². The molecule has 1 heterocycles. The summed E-state index contributed by atoms with van der Waals surface area (Å²) < 4.78 is 10.5. The van der Waals surface area contributed by atoms with Crippen molar-refractivity contribution in [2.45, 2.75) is 52.7 Å². The maximum atomic E-state index is 12.1. The van der Waals surface area contributed by atoms with Gasteiger partial charge in [0.1, 0.15) is 17.1 Å². The summed E-state index contributed by atoms with van der Waals surface area (Å²) in [7, 11) is 0. The summed E-state index contributed by atoms with van der Waals surface area (Å²) in [4.78, 5) is 35.4. The van der Waals surface area contributed by atoms with Gasteiger partial charge in [0.2, 0.25) is 0 Å². The first-order valence-electron chi connectivity index (χ1n) is 7.18. The van der Waals surface area contributed by atoms with Crippen molar-refractivity contribution >= 4 is 17.9 Å². The van der Waals surface area contributed by atoms with E-state index in [1.54, 1.807) is 20.8 Å². The van der Waals surface area contributed by atoms with Crippen LogP contribution in [0.15, 0.2) is 4.42 Å². The van der Waals surface area contributed by atoms with Crippen LogP contribution in [-0.4, -0.2) is 30.1 Å². The highest BCUT2D eigenvalue weighted by molar-refractivity contribution is 5.99. The first-order chi connectivity index (χ1) is 10.3. The lowest BCUT2D eigenvalue weighted by molar-refractivity contribution is -0.127. The molecule has 0 aliphatic heterocycles. The molecule has 1 atom stereocenters. The molecule has 0 radical (unpaired) electrons. The van der Waals surface area contributed by atoms with Gasteiger partial charge >= 0.3 is 12.0 Å². The van der Waals surface area contributed by atoms with Crippen molar-refractivity contribution in [2.24, 2.45) is 0 Å². The van der Waals surface area contributed by atoms with Gasteiger partial charge in [-0.2, -0.15) is 0 Å². The number of esters is 1. The van der Waals surface area contributed by atoms with Gasteiger partial charge in [-0.3, -0.25) is 10.1 Å². The van der Waals surface area contributed by atoms with Gasteiger partial charge in [-0.1, -0.05) is 0 Å². The van der Waals surface area contributed by atoms with Crippen LogP contribution in [0.1, 0.15) is 47.2 Å². The molecular weight excluding hydrogens is 288 g/mol. The topological polar surface area (TPSA) is 97.6 Å². The van der Waals surface area contributed by atoms with Gasteiger partial charge in [0.15, 0.2) is 6.10 Å². The normalized spacial score (nSPS) is 15.1. The summed E-state index contributed by atoms with van der Waals surface area (Å²) in [6.07, 6.45) is 0.765. The third-order valence-corrected chi connectivity index (χ3v) is 3.57. The molecule has 1 aliphatic rings. The summed E-state index contributed by atoms with van der Waals surface area (Å²) >= 11 is 0. The van der Waals surface area contributed by atoms with Crippen molar-refractivity contribution in [1.82, 2.24) is 10.6 Å². The van der Waals surface area contributed by atoms with Crippen LogP contribution in [0.5, 0.6) is 0 Å². The molecule has 7 nitrogen and oxygen atoms in total. The van der Waals surface area contributed by atoms with E-state index in [2.05, 4.69) is 10.6 Å². The second-order valence-corrected chi connectivity index (χ2v) is 5.50. The average Bonchev–Trinajstić information content (AvgIpc) is 3.17. The lowest BCUT2D eigenvalue weighted by Crippen LogP contribution is -2.45. The van der Waals surface area contributed by atoms with Crippen molar-refractivity contribution in [3.8, 4) is 0 Å². The van der Waals surface area contributed by atoms with Crippen LogP contribution in [-0.2, 0) is 9.53 Å². The maximum absolute atomic E-state index is 12.1. The number of hydrogen-bond donors (Lipinski definition) is 2. The van der Waals surface area contributed by atoms with E-state index in [-0.39, 0.29) is 6.04 Å². The zero-order valence-corrected chi connectivity index (χ0v) is 13.1. The van der Waals surface area contributed by atoms with Crippen molar-refractivity contribution in [3.63, 3.8) is 0 Å². The Balaban J connectivity index is 1.92. The number of imide groups is 1. The Morgan fingerprint density at radius 3 is 2.32 bits per heavy atom. The second kappa shape index (κ2) is 6.21. The van der Waals surface area contributed by atoms with Gasteiger partial charge in [-0.25, -0.2) is 9.59 Å². The van der Waals surface area contributed by atoms with E-state index in [4.69, 9.17) is 9.15 Å². The molecule has 1 saturated carbocycles. The molecule has 0 spiro atoms. The molecule has 3 amide bonds. The van der Waals surface area contributed by atoms with Crippen molar-refractivity contribution in [1.29, 1.82) is 0 Å². The molecule has 0 saturated heterocycles. The SMILES string of the molecule is Cc1oc(C)c(C(=O)OC(C)C(=O)NC(=O)NC2CC2)c1C. The monoisotopic (exact) mass is 308 g/mol. The Morgan fingerprint density at radius 2 is 1.82 bits per heavy atom. The van der Waals surface area contributed by atoms with Crippen LogP contribution >= 0.6 is 0 Å². The van der Waals surface area contributed by atoms with E-state index in [0.717, 1.165) is 12.8 Å². The number of nitrogens with one attached hydrogen (secondary N) is 2. The lowest BCUT2D eigenvalue weighted by atomic mass is 10.1. The first-order valence-corrected chi connectivity index (χ1v) is 7.18. The smallest absolute Gasteiger partial charge is 0.342 e. The van der Waals surface area contributed by atoms with Crippen LogP contribution in [0, 0.1) is 20.8 Å². The number of aryl methyl sites for hydroxylation is 2. The molecule has 2 rings (SSSR count). The predicted molar refractivity (Wildman–Crippen MR) is 77.5 cm³/mol. The Kier molecular flexibility index (Phi) is 4.54. The fraction of sp³-hybridized carbons (Fsp3) is 0.533. The maximum Gasteiger partial charge on any atom is 0.342 e. The highest BCUT2D eigenvalue weighted by Gasteiger charge is 2.27. The van der Waals surface area contributed by atoms with E-state index in [9.17, 15) is 14.4 Å². The fourth-order valence-corrected chi connectivity index (χ4v) is 2.03. The van der Waals surface area contributed by atoms with Crippen LogP contribution in [0.2, 0.25) is 0 Å². The number of urea groups is 1. The van der Waals surface area contributed by atoms with Gasteiger partial charge < -0.3 is 14.5 Å². The molecule has 1 aromatic heterocycles. The Labute approximate surface area is 128 Å². The second-order valence-electron chi connectivity index (χ2n) is 5.50. The summed E-state index contributed by atoms with van der Waals surface area (Å²) in [5, 5.41) is 4.77. The lowest BCUT2D eigenvalue weighted by Gasteiger charge is -2.13. The molecule has 7 heteroatoms. The minimum absolute atomic E-state index is 0.143. The molecule has 120 valence electrons. The summed E-state index contributed by atoms with van der Waals surface area (Å²) in [5.41, 5.74) is 1.00. The van der Waals surface area contributed by atoms with Crippen LogP contribution < -0.4 is 10.6 Å². The molecule has 0 bridgehead atoms. The number of carbonyl (C=O) groups excluding carboxylic acids is 3. The first kappa shape index (κ1) is 16.1. The van der Waals surface area contributed by atoms with Gasteiger partial charge in [0.05, 0.1) is 0 Å². The number of hydrogen-bond acceptors (Lipinski definition) is 5. The Bertz CT molecular complexity index is 616. The molecule has 2 N–H and O–H groups in total. The number of carbonyl (C=O) groups is 3. The van der Waals surface area contributed by atoms with Crippen molar-refractivity contribution in [2.75, 3.05) is 0 Å². The third-order valence-electron chi connectivity index (χ3n) is 3.57. The molecule has 0 aromatic carbocycles. The average molecular weight is 308 g/mol. The van der Waals surface area contributed by atoms with Gasteiger partial charge in [0, 0.05) is 11.6 Å². The minimum Gasteiger partial charge on any atom is -0.465 e. The standard InChI is InChI=1S/C15H20N2O5/c1-7-8(2)21-9(3)12(7)14(19)22-10(4)13(18)17-15(20)16-11-5-6-11/h10-11H,5-6H2,1-4H3,(H2,16,17,18,20). The van der Waals surface area contributed by atoms with E-state index in [0.29, 0.717) is 22.6 Å². The molecule has 1 unspecified atom stereocenters. The van der Waals surface area contributed by atoms with Crippen LogP contribution in [0.25, 0.3) is 0 Å². The highest BCUT2D eigenvalue weighted by Crippen LogP contribution is 2.22. The van der Waals surface area contributed by atoms with Crippen molar-refractivity contribution in [3.05, 3.63) is 22.6 Å². The largest absolute Gasteiger partial charge is 0.465 e. The van der Waals surface area contributed by atoms with E-state index in [1.807, 2.05) is 0 Å². The zero-order valence-electron chi connectivity index (χ0n) is 13.1. The Hall–Kier alpha value is -2.31. The number of rotatable bonds is 4. The molecular formula is C15H20N2O5. The molecule has 1 fully saturated rings. The summed E-state index contributed by atoms with van der Waals surface area (Å²) in [5.74, 6) is -0.233. The van der Waals surface area contributed by atoms with Gasteiger partial charge in [0.25, 0.3) is 5.91 Å².